The van der Waals surface area contributed by atoms with Crippen molar-refractivity contribution in [2.24, 2.45) is 0 Å². The Kier molecular flexibility index (Phi) is 48.4. The number of rotatable bonds is 16. The van der Waals surface area contributed by atoms with E-state index in [4.69, 9.17) is 0 Å². The average Bonchev–Trinajstić information content (AvgIpc) is 2.69. The maximum atomic E-state index is 9.76. The number of carboxylic acids is 4. The zero-order chi connectivity index (χ0) is 25.6. The fourth-order valence-corrected chi connectivity index (χ4v) is 2.08. The van der Waals surface area contributed by atoms with Crippen molar-refractivity contribution >= 4 is 23.9 Å². The Morgan fingerprint density at radius 2 is 0.545 bits per heavy atom. The molecule has 0 saturated carbocycles. The molecule has 0 rings (SSSR count). The minimum absolute atomic E-state index is 0. The summed E-state index contributed by atoms with van der Waals surface area (Å²) in [5.74, 6) is -3.73. The molecule has 0 aliphatic rings. The van der Waals surface area contributed by atoms with Gasteiger partial charge in [-0.25, -0.2) is 0 Å². The number of hydrogen-bond donors (Lipinski definition) is 0. The van der Waals surface area contributed by atoms with Crippen LogP contribution in [0.2, 0.25) is 0 Å². The number of hydrogen-bond acceptors (Lipinski definition) is 8. The molecule has 0 atom stereocenters. The van der Waals surface area contributed by atoms with Gasteiger partial charge in [0, 0.05) is 23.9 Å². The van der Waals surface area contributed by atoms with Gasteiger partial charge in [-0.15, -0.1) is 0 Å². The predicted molar refractivity (Wildman–Crippen MR) is 117 cm³/mol. The van der Waals surface area contributed by atoms with E-state index >= 15 is 0 Å². The summed E-state index contributed by atoms with van der Waals surface area (Å²) in [7, 11) is 0. The van der Waals surface area contributed by atoms with Crippen LogP contribution in [0.4, 0.5) is 0 Å². The fraction of sp³-hybridized carbons (Fsp3) is 0.833. The predicted octanol–water partition coefficient (Wildman–Crippen LogP) is 1.26. The Bertz CT molecular complexity index is 362. The minimum Gasteiger partial charge on any atom is -0.550 e. The van der Waals surface area contributed by atoms with E-state index in [1.807, 2.05) is 27.7 Å². The van der Waals surface area contributed by atoms with E-state index in [1.165, 1.54) is 0 Å². The normalized spacial score (nSPS) is 8.85. The first kappa shape index (κ1) is 42.0. The summed E-state index contributed by atoms with van der Waals surface area (Å²) >= 11 is 0. The third kappa shape index (κ3) is 72.3. The van der Waals surface area contributed by atoms with Gasteiger partial charge in [0.05, 0.1) is 0 Å². The number of unbranched alkanes of at least 4 members (excludes halogenated alkanes) is 8. The van der Waals surface area contributed by atoms with E-state index in [9.17, 15) is 39.6 Å². The quantitative estimate of drug-likeness (QED) is 0.259. The van der Waals surface area contributed by atoms with Crippen LogP contribution in [-0.4, -0.2) is 23.9 Å². The van der Waals surface area contributed by atoms with Gasteiger partial charge in [-0.1, -0.05) is 79.1 Å². The molecule has 0 spiro atoms. The minimum atomic E-state index is -0.932. The molecule has 9 heteroatoms. The summed E-state index contributed by atoms with van der Waals surface area (Å²) in [6.07, 6.45) is 12.1. The van der Waals surface area contributed by atoms with Crippen LogP contribution in [-0.2, 0) is 45.4 Å². The second-order valence-corrected chi connectivity index (χ2v) is 7.32. The summed E-state index contributed by atoms with van der Waals surface area (Å²) in [4.78, 5) is 39.1. The molecular weight excluding hydrogens is 507 g/mol. The maximum Gasteiger partial charge on any atom is 4.00 e. The van der Waals surface area contributed by atoms with Crippen molar-refractivity contribution in [3.63, 3.8) is 0 Å². The Hall–Kier alpha value is -1.24. The van der Waals surface area contributed by atoms with E-state index in [1.54, 1.807) is 0 Å². The first-order chi connectivity index (χ1) is 15.1. The summed E-state index contributed by atoms with van der Waals surface area (Å²) in [5, 5.41) is 39.1. The van der Waals surface area contributed by atoms with Crippen LogP contribution in [0, 0.1) is 0 Å². The smallest absolute Gasteiger partial charge is 0.550 e. The summed E-state index contributed by atoms with van der Waals surface area (Å²) in [5.41, 5.74) is 0. The van der Waals surface area contributed by atoms with E-state index < -0.39 is 23.9 Å². The van der Waals surface area contributed by atoms with Crippen LogP contribution in [0.25, 0.3) is 0 Å². The molecule has 0 aliphatic heterocycles. The molecule has 0 unspecified atom stereocenters. The van der Waals surface area contributed by atoms with Gasteiger partial charge in [0.1, 0.15) is 0 Å². The van der Waals surface area contributed by atoms with Crippen LogP contribution >= 0.6 is 0 Å². The monoisotopic (exact) mass is 550 g/mol. The van der Waals surface area contributed by atoms with Crippen molar-refractivity contribution in [3.8, 4) is 0 Å². The molecule has 0 N–H and O–H groups in total. The summed E-state index contributed by atoms with van der Waals surface area (Å²) in [6.45, 7) is 8.15. The van der Waals surface area contributed by atoms with E-state index in [0.29, 0.717) is 0 Å². The molecule has 0 fully saturated rings. The first-order valence-electron chi connectivity index (χ1n) is 11.9. The van der Waals surface area contributed by atoms with Crippen LogP contribution in [0.3, 0.4) is 0 Å². The van der Waals surface area contributed by atoms with Gasteiger partial charge in [0.2, 0.25) is 0 Å². The molecule has 0 saturated heterocycles. The van der Waals surface area contributed by atoms with Crippen LogP contribution in [0.5, 0.6) is 0 Å². The van der Waals surface area contributed by atoms with Crippen molar-refractivity contribution < 1.29 is 65.8 Å². The molecule has 33 heavy (non-hydrogen) atoms. The average molecular weight is 552 g/mol. The Labute approximate surface area is 219 Å². The van der Waals surface area contributed by atoms with Crippen LogP contribution < -0.4 is 20.4 Å². The SMILES string of the molecule is CCCCCC(=O)[O-].CCCCCC(=O)[O-].CCCCCC(=O)[O-].CCCCCC(=O)[O-].[Zr+4]. The zero-order valence-electron chi connectivity index (χ0n) is 21.1. The molecule has 0 bridgehead atoms. The van der Waals surface area contributed by atoms with Gasteiger partial charge in [0.25, 0.3) is 0 Å². The molecule has 0 aliphatic carbocycles. The van der Waals surface area contributed by atoms with E-state index in [2.05, 4.69) is 0 Å². The topological polar surface area (TPSA) is 161 Å². The number of aliphatic carboxylic acids is 4. The Balaban J connectivity index is -0.000000105. The molecule has 8 nitrogen and oxygen atoms in total. The molecule has 0 amide bonds. The van der Waals surface area contributed by atoms with Crippen molar-refractivity contribution in [2.75, 3.05) is 0 Å². The third-order valence-corrected chi connectivity index (χ3v) is 3.94. The largest absolute Gasteiger partial charge is 4.00 e. The van der Waals surface area contributed by atoms with Crippen molar-refractivity contribution in [1.29, 1.82) is 0 Å². The summed E-state index contributed by atoms with van der Waals surface area (Å²) in [6, 6.07) is 0. The Morgan fingerprint density at radius 3 is 0.636 bits per heavy atom. The van der Waals surface area contributed by atoms with Gasteiger partial charge in [0.15, 0.2) is 0 Å². The third-order valence-electron chi connectivity index (χ3n) is 3.94. The second kappa shape index (κ2) is 38.0. The van der Waals surface area contributed by atoms with Gasteiger partial charge in [-0.2, -0.15) is 0 Å². The van der Waals surface area contributed by atoms with Crippen LogP contribution in [0.15, 0.2) is 0 Å². The fourth-order valence-electron chi connectivity index (χ4n) is 2.08. The van der Waals surface area contributed by atoms with E-state index in [-0.39, 0.29) is 51.9 Å². The van der Waals surface area contributed by atoms with Gasteiger partial charge in [-0.05, 0) is 51.4 Å². The van der Waals surface area contributed by atoms with Crippen molar-refractivity contribution in [1.82, 2.24) is 0 Å². The molecule has 0 aromatic heterocycles. The number of carbonyl (C=O) groups excluding carboxylic acids is 4. The van der Waals surface area contributed by atoms with Gasteiger partial charge >= 0.3 is 26.2 Å². The van der Waals surface area contributed by atoms with Crippen molar-refractivity contribution in [3.05, 3.63) is 0 Å². The van der Waals surface area contributed by atoms with Crippen LogP contribution in [0.1, 0.15) is 130 Å². The maximum absolute atomic E-state index is 9.76. The zero-order valence-corrected chi connectivity index (χ0v) is 23.5. The van der Waals surface area contributed by atoms with E-state index in [0.717, 1.165) is 77.0 Å². The number of carbonyl (C=O) groups is 4. The summed E-state index contributed by atoms with van der Waals surface area (Å²) < 4.78 is 0. The first-order valence-corrected chi connectivity index (χ1v) is 11.9. The van der Waals surface area contributed by atoms with Gasteiger partial charge in [-0.3, -0.25) is 0 Å². The standard InChI is InChI=1S/4C6H12O2.Zr/c4*1-2-3-4-5-6(7)8;/h4*2-5H2,1H3,(H,7,8);/q;;;;+4/p-4. The molecule has 0 aromatic rings. The molecule has 0 aromatic carbocycles. The van der Waals surface area contributed by atoms with Gasteiger partial charge < -0.3 is 39.6 Å². The number of carboxylic acid groups (broad SMARTS) is 4. The second-order valence-electron chi connectivity index (χ2n) is 7.32. The molecular formula is C24H44O8Zr. The van der Waals surface area contributed by atoms with Crippen molar-refractivity contribution in [2.45, 2.75) is 130 Å². The Morgan fingerprint density at radius 1 is 0.394 bits per heavy atom. The molecule has 0 heterocycles. The molecule has 192 valence electrons. The molecule has 0 radical (unpaired) electrons.